The van der Waals surface area contributed by atoms with Crippen LogP contribution in [0.4, 0.5) is 5.69 Å². The standard InChI is InChI=1S/C7H10N4O3/c8-4-3-10-11-6(4)7(14)9-2-1-5(12)13/h3H,1-2,8H2,(H,9,14)(H,10,11)(H,12,13). The first-order valence-corrected chi connectivity index (χ1v) is 3.90. The molecule has 0 spiro atoms. The van der Waals surface area contributed by atoms with E-state index in [0.717, 1.165) is 0 Å². The number of hydrogen-bond donors (Lipinski definition) is 4. The molecule has 0 aromatic carbocycles. The topological polar surface area (TPSA) is 121 Å². The molecule has 1 amide bonds. The molecular formula is C7H10N4O3. The van der Waals surface area contributed by atoms with Gasteiger partial charge in [0.05, 0.1) is 18.3 Å². The van der Waals surface area contributed by atoms with E-state index >= 15 is 0 Å². The molecule has 0 atom stereocenters. The van der Waals surface area contributed by atoms with Gasteiger partial charge in [-0.1, -0.05) is 0 Å². The molecule has 0 unspecified atom stereocenters. The Morgan fingerprint density at radius 1 is 1.64 bits per heavy atom. The second-order valence-electron chi connectivity index (χ2n) is 2.60. The predicted molar refractivity (Wildman–Crippen MR) is 47.6 cm³/mol. The fourth-order valence-corrected chi connectivity index (χ4v) is 0.849. The molecule has 1 aromatic rings. The number of nitrogen functional groups attached to an aromatic ring is 1. The summed E-state index contributed by atoms with van der Waals surface area (Å²) in [4.78, 5) is 21.4. The van der Waals surface area contributed by atoms with E-state index in [1.54, 1.807) is 0 Å². The first-order valence-electron chi connectivity index (χ1n) is 3.90. The fourth-order valence-electron chi connectivity index (χ4n) is 0.849. The number of aliphatic carboxylic acids is 1. The van der Waals surface area contributed by atoms with Crippen LogP contribution in [0.15, 0.2) is 6.20 Å². The van der Waals surface area contributed by atoms with Gasteiger partial charge in [-0.25, -0.2) is 0 Å². The Morgan fingerprint density at radius 3 is 2.86 bits per heavy atom. The van der Waals surface area contributed by atoms with Gasteiger partial charge in [0.25, 0.3) is 5.91 Å². The summed E-state index contributed by atoms with van der Waals surface area (Å²) in [5.74, 6) is -1.43. The minimum atomic E-state index is -0.970. The van der Waals surface area contributed by atoms with Crippen molar-refractivity contribution in [2.24, 2.45) is 0 Å². The summed E-state index contributed by atoms with van der Waals surface area (Å²) in [5.41, 5.74) is 5.78. The molecule has 7 nitrogen and oxygen atoms in total. The van der Waals surface area contributed by atoms with Crippen LogP contribution in [0.1, 0.15) is 16.9 Å². The van der Waals surface area contributed by atoms with Crippen LogP contribution < -0.4 is 11.1 Å². The summed E-state index contributed by atoms with van der Waals surface area (Å²) in [6.45, 7) is 0.0621. The number of anilines is 1. The third-order valence-electron chi connectivity index (χ3n) is 1.52. The summed E-state index contributed by atoms with van der Waals surface area (Å²) < 4.78 is 0. The number of carbonyl (C=O) groups is 2. The summed E-state index contributed by atoms with van der Waals surface area (Å²) in [6, 6.07) is 0. The largest absolute Gasteiger partial charge is 0.481 e. The fraction of sp³-hybridized carbons (Fsp3) is 0.286. The average Bonchev–Trinajstić information content (AvgIpc) is 2.50. The lowest BCUT2D eigenvalue weighted by Gasteiger charge is -2.01. The Balaban J connectivity index is 2.44. The Labute approximate surface area is 79.3 Å². The quantitative estimate of drug-likeness (QED) is 0.504. The number of carbonyl (C=O) groups excluding carboxylic acids is 1. The Hall–Kier alpha value is -2.05. The first kappa shape index (κ1) is 10.0. The highest BCUT2D eigenvalue weighted by Crippen LogP contribution is 2.04. The average molecular weight is 198 g/mol. The van der Waals surface area contributed by atoms with Gasteiger partial charge < -0.3 is 16.2 Å². The van der Waals surface area contributed by atoms with Crippen LogP contribution in [0, 0.1) is 0 Å². The lowest BCUT2D eigenvalue weighted by atomic mass is 10.3. The van der Waals surface area contributed by atoms with Gasteiger partial charge >= 0.3 is 5.97 Å². The molecule has 5 N–H and O–H groups in total. The van der Waals surface area contributed by atoms with E-state index < -0.39 is 11.9 Å². The van der Waals surface area contributed by atoms with Crippen molar-refractivity contribution in [3.05, 3.63) is 11.9 Å². The number of aromatic nitrogens is 2. The van der Waals surface area contributed by atoms with Gasteiger partial charge in [-0.15, -0.1) is 0 Å². The lowest BCUT2D eigenvalue weighted by molar-refractivity contribution is -0.136. The van der Waals surface area contributed by atoms with Crippen molar-refractivity contribution >= 4 is 17.6 Å². The summed E-state index contributed by atoms with van der Waals surface area (Å²) >= 11 is 0. The number of carboxylic acid groups (broad SMARTS) is 1. The van der Waals surface area contributed by atoms with Crippen molar-refractivity contribution in [1.82, 2.24) is 15.5 Å². The molecule has 0 saturated heterocycles. The van der Waals surface area contributed by atoms with E-state index in [9.17, 15) is 9.59 Å². The van der Waals surface area contributed by atoms with E-state index in [1.165, 1.54) is 6.20 Å². The SMILES string of the molecule is Nc1cn[nH]c1C(=O)NCCC(=O)O. The molecule has 0 saturated carbocycles. The van der Waals surface area contributed by atoms with E-state index in [0.29, 0.717) is 0 Å². The summed E-state index contributed by atoms with van der Waals surface area (Å²) in [7, 11) is 0. The van der Waals surface area contributed by atoms with Crippen LogP contribution in [0.3, 0.4) is 0 Å². The van der Waals surface area contributed by atoms with Gasteiger partial charge in [0, 0.05) is 6.54 Å². The third-order valence-corrected chi connectivity index (χ3v) is 1.52. The van der Waals surface area contributed by atoms with Crippen LogP contribution in [0.25, 0.3) is 0 Å². The van der Waals surface area contributed by atoms with Crippen LogP contribution in [0.2, 0.25) is 0 Å². The van der Waals surface area contributed by atoms with E-state index in [-0.39, 0.29) is 24.3 Å². The second-order valence-corrected chi connectivity index (χ2v) is 2.60. The first-order chi connectivity index (χ1) is 6.61. The molecule has 0 aliphatic carbocycles. The van der Waals surface area contributed by atoms with Crippen molar-refractivity contribution < 1.29 is 14.7 Å². The number of amides is 1. The zero-order valence-electron chi connectivity index (χ0n) is 7.28. The lowest BCUT2D eigenvalue weighted by Crippen LogP contribution is -2.26. The van der Waals surface area contributed by atoms with E-state index in [1.807, 2.05) is 0 Å². The van der Waals surface area contributed by atoms with Crippen LogP contribution in [-0.4, -0.2) is 33.7 Å². The third kappa shape index (κ3) is 2.47. The van der Waals surface area contributed by atoms with Crippen molar-refractivity contribution in [2.45, 2.75) is 6.42 Å². The van der Waals surface area contributed by atoms with Gasteiger partial charge in [0.2, 0.25) is 0 Å². The highest BCUT2D eigenvalue weighted by atomic mass is 16.4. The number of nitrogens with zero attached hydrogens (tertiary/aromatic N) is 1. The highest BCUT2D eigenvalue weighted by molar-refractivity contribution is 5.97. The molecule has 1 rings (SSSR count). The summed E-state index contributed by atoms with van der Waals surface area (Å²) in [5, 5.41) is 16.7. The smallest absolute Gasteiger partial charge is 0.305 e. The second kappa shape index (κ2) is 4.26. The Kier molecular flexibility index (Phi) is 3.05. The van der Waals surface area contributed by atoms with Crippen LogP contribution >= 0.6 is 0 Å². The van der Waals surface area contributed by atoms with Gasteiger partial charge in [-0.3, -0.25) is 14.7 Å². The van der Waals surface area contributed by atoms with Crippen molar-refractivity contribution in [3.63, 3.8) is 0 Å². The molecule has 0 fully saturated rings. The molecule has 14 heavy (non-hydrogen) atoms. The van der Waals surface area contributed by atoms with Crippen LogP contribution in [0.5, 0.6) is 0 Å². The molecule has 1 heterocycles. The number of nitrogens with one attached hydrogen (secondary N) is 2. The number of rotatable bonds is 4. The van der Waals surface area contributed by atoms with Gasteiger partial charge in [0.15, 0.2) is 0 Å². The van der Waals surface area contributed by atoms with E-state index in [4.69, 9.17) is 10.8 Å². The molecule has 1 aromatic heterocycles. The maximum atomic E-state index is 11.3. The number of nitrogens with two attached hydrogens (primary N) is 1. The monoisotopic (exact) mass is 198 g/mol. The predicted octanol–water partition coefficient (Wildman–Crippen LogP) is -0.804. The maximum Gasteiger partial charge on any atom is 0.305 e. The molecule has 0 aliphatic heterocycles. The molecule has 7 heteroatoms. The van der Waals surface area contributed by atoms with E-state index in [2.05, 4.69) is 15.5 Å². The summed E-state index contributed by atoms with van der Waals surface area (Å²) in [6.07, 6.45) is 1.19. The normalized spacial score (nSPS) is 9.71. The molecule has 0 aliphatic rings. The van der Waals surface area contributed by atoms with Crippen molar-refractivity contribution in [2.75, 3.05) is 12.3 Å². The molecule has 76 valence electrons. The molecule has 0 bridgehead atoms. The molecule has 0 radical (unpaired) electrons. The number of hydrogen-bond acceptors (Lipinski definition) is 4. The Bertz CT molecular complexity index is 346. The zero-order chi connectivity index (χ0) is 10.6. The minimum Gasteiger partial charge on any atom is -0.481 e. The van der Waals surface area contributed by atoms with Gasteiger partial charge in [0.1, 0.15) is 5.69 Å². The van der Waals surface area contributed by atoms with Crippen molar-refractivity contribution in [3.8, 4) is 0 Å². The van der Waals surface area contributed by atoms with Gasteiger partial charge in [-0.2, -0.15) is 5.10 Å². The van der Waals surface area contributed by atoms with Crippen molar-refractivity contribution in [1.29, 1.82) is 0 Å². The maximum absolute atomic E-state index is 11.3. The van der Waals surface area contributed by atoms with Gasteiger partial charge in [-0.05, 0) is 0 Å². The number of aromatic amines is 1. The van der Waals surface area contributed by atoms with Crippen LogP contribution in [-0.2, 0) is 4.79 Å². The number of H-pyrrole nitrogens is 1. The number of carboxylic acids is 1. The zero-order valence-corrected chi connectivity index (χ0v) is 7.28. The minimum absolute atomic E-state index is 0.0621. The highest BCUT2D eigenvalue weighted by Gasteiger charge is 2.10. The molecular weight excluding hydrogens is 188 g/mol. The Morgan fingerprint density at radius 2 is 2.36 bits per heavy atom.